The minimum absolute atomic E-state index is 0.363. The number of rotatable bonds is 8. The molecule has 1 rings (SSSR count). The van der Waals surface area contributed by atoms with Crippen LogP contribution in [0.15, 0.2) is 12.1 Å². The third-order valence-corrected chi connectivity index (χ3v) is 2.88. The van der Waals surface area contributed by atoms with E-state index >= 15 is 0 Å². The lowest BCUT2D eigenvalue weighted by Crippen LogP contribution is -2.06. The first kappa shape index (κ1) is 16.1. The molecule has 0 heterocycles. The van der Waals surface area contributed by atoms with E-state index in [0.717, 1.165) is 19.3 Å². The minimum atomic E-state index is -0.445. The van der Waals surface area contributed by atoms with Gasteiger partial charge in [0.15, 0.2) is 11.5 Å². The fourth-order valence-corrected chi connectivity index (χ4v) is 1.78. The molecule has 0 aliphatic heterocycles. The van der Waals surface area contributed by atoms with Crippen molar-refractivity contribution in [2.24, 2.45) is 0 Å². The fraction of sp³-hybridized carbons (Fsp3) is 0.533. The van der Waals surface area contributed by atoms with Crippen LogP contribution in [0.2, 0.25) is 0 Å². The van der Waals surface area contributed by atoms with Crippen LogP contribution in [0, 0.1) is 0 Å². The summed E-state index contributed by atoms with van der Waals surface area (Å²) in [4.78, 5) is 11.6. The van der Waals surface area contributed by atoms with Gasteiger partial charge in [-0.3, -0.25) is 0 Å². The van der Waals surface area contributed by atoms with Crippen LogP contribution in [0.5, 0.6) is 17.2 Å². The van der Waals surface area contributed by atoms with Gasteiger partial charge in [-0.15, -0.1) is 0 Å². The summed E-state index contributed by atoms with van der Waals surface area (Å²) in [5, 5.41) is 0. The molecule has 0 spiro atoms. The number of unbranched alkanes of at least 4 members (excludes halogenated alkanes) is 2. The summed E-state index contributed by atoms with van der Waals surface area (Å²) in [6.07, 6.45) is 3.19. The Hall–Kier alpha value is -1.91. The zero-order valence-corrected chi connectivity index (χ0v) is 12.5. The van der Waals surface area contributed by atoms with Crippen molar-refractivity contribution >= 4 is 5.97 Å². The number of benzene rings is 1. The molecule has 112 valence electrons. The lowest BCUT2D eigenvalue weighted by molar-refractivity contribution is 0.0599. The van der Waals surface area contributed by atoms with Crippen LogP contribution in [0.1, 0.15) is 36.5 Å². The van der Waals surface area contributed by atoms with Crippen molar-refractivity contribution in [2.75, 3.05) is 27.9 Å². The summed E-state index contributed by atoms with van der Waals surface area (Å²) in [7, 11) is 4.37. The van der Waals surface area contributed by atoms with E-state index in [1.165, 1.54) is 21.3 Å². The molecular formula is C15H22O5. The molecule has 0 N–H and O–H groups in total. The first-order valence-corrected chi connectivity index (χ1v) is 6.65. The molecule has 20 heavy (non-hydrogen) atoms. The molecule has 5 nitrogen and oxygen atoms in total. The van der Waals surface area contributed by atoms with Gasteiger partial charge < -0.3 is 18.9 Å². The summed E-state index contributed by atoms with van der Waals surface area (Å²) in [6.45, 7) is 2.71. The molecule has 0 unspecified atom stereocenters. The standard InChI is InChI=1S/C15H22O5/c1-5-6-7-8-20-14-12(17-2)9-11(15(16)19-4)10-13(14)18-3/h9-10H,5-8H2,1-4H3. The van der Waals surface area contributed by atoms with Crippen LogP contribution in [0.25, 0.3) is 0 Å². The average Bonchev–Trinajstić information content (AvgIpc) is 2.50. The summed E-state index contributed by atoms with van der Waals surface area (Å²) < 4.78 is 21.0. The van der Waals surface area contributed by atoms with Gasteiger partial charge in [-0.2, -0.15) is 0 Å². The van der Waals surface area contributed by atoms with Crippen LogP contribution in [-0.4, -0.2) is 33.9 Å². The van der Waals surface area contributed by atoms with Crippen molar-refractivity contribution in [1.82, 2.24) is 0 Å². The van der Waals surface area contributed by atoms with Gasteiger partial charge in [0, 0.05) is 0 Å². The predicted octanol–water partition coefficient (Wildman–Crippen LogP) is 3.06. The normalized spacial score (nSPS) is 10.0. The molecule has 0 fully saturated rings. The molecule has 0 atom stereocenters. The Morgan fingerprint density at radius 2 is 1.65 bits per heavy atom. The van der Waals surface area contributed by atoms with Crippen molar-refractivity contribution in [1.29, 1.82) is 0 Å². The maximum absolute atomic E-state index is 11.6. The molecule has 0 radical (unpaired) electrons. The number of hydrogen-bond donors (Lipinski definition) is 0. The van der Waals surface area contributed by atoms with Crippen LogP contribution < -0.4 is 14.2 Å². The van der Waals surface area contributed by atoms with Crippen molar-refractivity contribution in [2.45, 2.75) is 26.2 Å². The van der Waals surface area contributed by atoms with Gasteiger partial charge in [0.05, 0.1) is 33.5 Å². The topological polar surface area (TPSA) is 54.0 Å². The molecule has 5 heteroatoms. The second-order valence-electron chi connectivity index (χ2n) is 4.26. The maximum atomic E-state index is 11.6. The Balaban J connectivity index is 2.99. The lowest BCUT2D eigenvalue weighted by atomic mass is 10.2. The van der Waals surface area contributed by atoms with E-state index < -0.39 is 5.97 Å². The third kappa shape index (κ3) is 4.05. The Bertz CT molecular complexity index is 417. The second kappa shape index (κ2) is 8.30. The number of carbonyl (C=O) groups is 1. The van der Waals surface area contributed by atoms with Crippen molar-refractivity contribution in [3.8, 4) is 17.2 Å². The van der Waals surface area contributed by atoms with Gasteiger partial charge in [0.2, 0.25) is 5.75 Å². The first-order valence-electron chi connectivity index (χ1n) is 6.65. The Morgan fingerprint density at radius 1 is 1.05 bits per heavy atom. The van der Waals surface area contributed by atoms with E-state index in [2.05, 4.69) is 6.92 Å². The molecule has 0 aromatic heterocycles. The van der Waals surface area contributed by atoms with Crippen LogP contribution >= 0.6 is 0 Å². The van der Waals surface area contributed by atoms with Gasteiger partial charge in [-0.05, 0) is 18.6 Å². The second-order valence-corrected chi connectivity index (χ2v) is 4.26. The van der Waals surface area contributed by atoms with E-state index in [0.29, 0.717) is 29.4 Å². The number of esters is 1. The van der Waals surface area contributed by atoms with Crippen LogP contribution in [-0.2, 0) is 4.74 Å². The average molecular weight is 282 g/mol. The van der Waals surface area contributed by atoms with E-state index in [1.54, 1.807) is 12.1 Å². The maximum Gasteiger partial charge on any atom is 0.338 e. The molecule has 0 saturated heterocycles. The molecule has 0 aliphatic carbocycles. The number of methoxy groups -OCH3 is 3. The monoisotopic (exact) mass is 282 g/mol. The van der Waals surface area contributed by atoms with Crippen molar-refractivity contribution < 1.29 is 23.7 Å². The zero-order chi connectivity index (χ0) is 15.0. The molecule has 0 bridgehead atoms. The smallest absolute Gasteiger partial charge is 0.338 e. The Morgan fingerprint density at radius 3 is 2.10 bits per heavy atom. The largest absolute Gasteiger partial charge is 0.493 e. The third-order valence-electron chi connectivity index (χ3n) is 2.88. The van der Waals surface area contributed by atoms with Gasteiger partial charge >= 0.3 is 5.97 Å². The van der Waals surface area contributed by atoms with Gasteiger partial charge in [-0.25, -0.2) is 4.79 Å². The molecule has 0 saturated carbocycles. The highest BCUT2D eigenvalue weighted by atomic mass is 16.5. The number of ether oxygens (including phenoxy) is 4. The molecule has 0 amide bonds. The zero-order valence-electron chi connectivity index (χ0n) is 12.5. The molecule has 1 aromatic rings. The van der Waals surface area contributed by atoms with Crippen LogP contribution in [0.4, 0.5) is 0 Å². The molecular weight excluding hydrogens is 260 g/mol. The lowest BCUT2D eigenvalue weighted by Gasteiger charge is -2.15. The van der Waals surface area contributed by atoms with E-state index in [4.69, 9.17) is 18.9 Å². The van der Waals surface area contributed by atoms with Crippen molar-refractivity contribution in [3.05, 3.63) is 17.7 Å². The summed E-state index contributed by atoms with van der Waals surface area (Å²) in [6, 6.07) is 3.17. The first-order chi connectivity index (χ1) is 9.67. The minimum Gasteiger partial charge on any atom is -0.493 e. The van der Waals surface area contributed by atoms with Gasteiger partial charge in [0.1, 0.15) is 0 Å². The Labute approximate surface area is 119 Å². The fourth-order valence-electron chi connectivity index (χ4n) is 1.78. The highest BCUT2D eigenvalue weighted by Crippen LogP contribution is 2.38. The van der Waals surface area contributed by atoms with E-state index in [-0.39, 0.29) is 0 Å². The number of hydrogen-bond acceptors (Lipinski definition) is 5. The van der Waals surface area contributed by atoms with E-state index in [9.17, 15) is 4.79 Å². The van der Waals surface area contributed by atoms with E-state index in [1.807, 2.05) is 0 Å². The van der Waals surface area contributed by atoms with Crippen molar-refractivity contribution in [3.63, 3.8) is 0 Å². The summed E-state index contributed by atoms with van der Waals surface area (Å²) >= 11 is 0. The van der Waals surface area contributed by atoms with Gasteiger partial charge in [-0.1, -0.05) is 19.8 Å². The SMILES string of the molecule is CCCCCOc1c(OC)cc(C(=O)OC)cc1OC. The number of carbonyl (C=O) groups excluding carboxylic acids is 1. The molecule has 1 aromatic carbocycles. The highest BCUT2D eigenvalue weighted by Gasteiger charge is 2.17. The predicted molar refractivity (Wildman–Crippen MR) is 75.9 cm³/mol. The van der Waals surface area contributed by atoms with Crippen LogP contribution in [0.3, 0.4) is 0 Å². The molecule has 0 aliphatic rings. The summed E-state index contributed by atoms with van der Waals surface area (Å²) in [5.41, 5.74) is 0.363. The summed E-state index contributed by atoms with van der Waals surface area (Å²) in [5.74, 6) is 0.986. The quantitative estimate of drug-likeness (QED) is 0.542. The highest BCUT2D eigenvalue weighted by molar-refractivity contribution is 5.91. The van der Waals surface area contributed by atoms with Gasteiger partial charge in [0.25, 0.3) is 0 Å². The Kier molecular flexibility index (Phi) is 6.70.